The van der Waals surface area contributed by atoms with Crippen molar-refractivity contribution in [1.29, 1.82) is 0 Å². The molecule has 2 aromatic carbocycles. The van der Waals surface area contributed by atoms with Gasteiger partial charge in [-0.05, 0) is 99.0 Å². The summed E-state index contributed by atoms with van der Waals surface area (Å²) in [6.45, 7) is 7.41. The van der Waals surface area contributed by atoms with Crippen molar-refractivity contribution in [2.45, 2.75) is 32.7 Å². The highest BCUT2D eigenvalue weighted by Crippen LogP contribution is 2.23. The van der Waals surface area contributed by atoms with E-state index in [0.29, 0.717) is 11.7 Å². The number of piperidine rings is 1. The smallest absolute Gasteiger partial charge is 0.173 e. The number of hydrogen-bond acceptors (Lipinski definition) is 4. The molecular formula is C27H33N3O2S. The van der Waals surface area contributed by atoms with Gasteiger partial charge in [0.25, 0.3) is 0 Å². The first-order valence-electron chi connectivity index (χ1n) is 11.8. The summed E-state index contributed by atoms with van der Waals surface area (Å²) >= 11 is 5.79. The Morgan fingerprint density at radius 3 is 2.61 bits per heavy atom. The van der Waals surface area contributed by atoms with Crippen LogP contribution < -0.4 is 10.1 Å². The van der Waals surface area contributed by atoms with Crippen LogP contribution in [0.1, 0.15) is 31.9 Å². The van der Waals surface area contributed by atoms with Gasteiger partial charge in [0.05, 0.1) is 12.8 Å². The zero-order valence-corrected chi connectivity index (χ0v) is 20.1. The molecule has 5 nitrogen and oxygen atoms in total. The van der Waals surface area contributed by atoms with Crippen LogP contribution in [0, 0.1) is 5.92 Å². The molecule has 0 spiro atoms. The van der Waals surface area contributed by atoms with E-state index in [9.17, 15) is 0 Å². The molecule has 4 rings (SSSR count). The van der Waals surface area contributed by atoms with Crippen LogP contribution in [0.25, 0.3) is 0 Å². The topological polar surface area (TPSA) is 40.9 Å². The molecule has 1 aliphatic rings. The van der Waals surface area contributed by atoms with E-state index < -0.39 is 0 Å². The summed E-state index contributed by atoms with van der Waals surface area (Å²) < 4.78 is 11.5. The highest BCUT2D eigenvalue weighted by atomic mass is 32.1. The monoisotopic (exact) mass is 463 g/mol. The van der Waals surface area contributed by atoms with E-state index in [1.807, 2.05) is 66.7 Å². The van der Waals surface area contributed by atoms with Crippen LogP contribution in [0.15, 0.2) is 77.4 Å². The second kappa shape index (κ2) is 11.9. The Hall–Kier alpha value is -2.83. The summed E-state index contributed by atoms with van der Waals surface area (Å²) in [5, 5.41) is 4.09. The van der Waals surface area contributed by atoms with Gasteiger partial charge in [0.2, 0.25) is 0 Å². The Labute approximate surface area is 202 Å². The summed E-state index contributed by atoms with van der Waals surface area (Å²) in [5.41, 5.74) is 0.940. The van der Waals surface area contributed by atoms with Crippen molar-refractivity contribution in [3.8, 4) is 11.5 Å². The lowest BCUT2D eigenvalue weighted by Gasteiger charge is -2.32. The summed E-state index contributed by atoms with van der Waals surface area (Å²) in [6, 6.07) is 21.6. The molecule has 0 radical (unpaired) electrons. The molecule has 1 unspecified atom stereocenters. The van der Waals surface area contributed by atoms with Crippen LogP contribution in [-0.4, -0.2) is 41.1 Å². The van der Waals surface area contributed by atoms with Crippen molar-refractivity contribution in [1.82, 2.24) is 9.80 Å². The van der Waals surface area contributed by atoms with Crippen molar-refractivity contribution >= 4 is 23.0 Å². The normalized spacial score (nSPS) is 16.3. The second-order valence-corrected chi connectivity index (χ2v) is 9.16. The van der Waals surface area contributed by atoms with Gasteiger partial charge in [0, 0.05) is 18.8 Å². The van der Waals surface area contributed by atoms with Crippen LogP contribution in [0.2, 0.25) is 0 Å². The Balaban J connectivity index is 1.33. The molecule has 1 saturated heterocycles. The lowest BCUT2D eigenvalue weighted by Crippen LogP contribution is -2.39. The average molecular weight is 464 g/mol. The first-order chi connectivity index (χ1) is 16.2. The molecular weight excluding hydrogens is 430 g/mol. The van der Waals surface area contributed by atoms with E-state index in [1.54, 1.807) is 6.26 Å². The molecule has 33 heavy (non-hydrogen) atoms. The number of ether oxygens (including phenoxy) is 1. The molecule has 0 aliphatic carbocycles. The average Bonchev–Trinajstić information content (AvgIpc) is 3.34. The maximum Gasteiger partial charge on any atom is 0.173 e. The summed E-state index contributed by atoms with van der Waals surface area (Å²) in [4.78, 5) is 4.77. The van der Waals surface area contributed by atoms with Gasteiger partial charge in [-0.1, -0.05) is 25.1 Å². The maximum absolute atomic E-state index is 5.89. The van der Waals surface area contributed by atoms with Crippen LogP contribution in [0.5, 0.6) is 11.5 Å². The Bertz CT molecular complexity index is 976. The standard InChI is InChI=1S/C27H33N3O2S/c1-22-8-5-16-29(20-22)17-7-18-30(21-26-11-6-19-31-26)27(33)28-23-12-14-25(15-13-23)32-24-9-3-2-4-10-24/h2-4,6,9-15,19,22H,5,7-8,16-18,20-21H2,1H3,(H,28,33). The van der Waals surface area contributed by atoms with E-state index >= 15 is 0 Å². The zero-order chi connectivity index (χ0) is 22.9. The predicted molar refractivity (Wildman–Crippen MR) is 138 cm³/mol. The molecule has 3 aromatic rings. The number of para-hydroxylation sites is 1. The van der Waals surface area contributed by atoms with E-state index in [0.717, 1.165) is 48.4 Å². The maximum atomic E-state index is 5.89. The molecule has 2 heterocycles. The van der Waals surface area contributed by atoms with Crippen molar-refractivity contribution in [2.24, 2.45) is 5.92 Å². The Morgan fingerprint density at radius 2 is 1.88 bits per heavy atom. The summed E-state index contributed by atoms with van der Waals surface area (Å²) in [7, 11) is 0. The second-order valence-electron chi connectivity index (χ2n) is 8.77. The lowest BCUT2D eigenvalue weighted by atomic mass is 10.0. The fourth-order valence-corrected chi connectivity index (χ4v) is 4.53. The first-order valence-corrected chi connectivity index (χ1v) is 12.2. The van der Waals surface area contributed by atoms with E-state index in [-0.39, 0.29) is 0 Å². The van der Waals surface area contributed by atoms with Gasteiger partial charge in [-0.2, -0.15) is 0 Å². The minimum Gasteiger partial charge on any atom is -0.467 e. The number of thiocarbonyl (C=S) groups is 1. The van der Waals surface area contributed by atoms with Gasteiger partial charge in [-0.25, -0.2) is 0 Å². The third-order valence-electron chi connectivity index (χ3n) is 5.94. The van der Waals surface area contributed by atoms with E-state index in [2.05, 4.69) is 22.0 Å². The Kier molecular flexibility index (Phi) is 8.39. The largest absolute Gasteiger partial charge is 0.467 e. The van der Waals surface area contributed by atoms with Crippen molar-refractivity contribution < 1.29 is 9.15 Å². The number of benzene rings is 2. The molecule has 1 aromatic heterocycles. The number of furan rings is 1. The quantitative estimate of drug-likeness (QED) is 0.371. The summed E-state index contributed by atoms with van der Waals surface area (Å²) in [6.07, 6.45) is 5.44. The number of hydrogen-bond donors (Lipinski definition) is 1. The van der Waals surface area contributed by atoms with Gasteiger partial charge in [0.1, 0.15) is 17.3 Å². The fraction of sp³-hybridized carbons (Fsp3) is 0.370. The number of nitrogens with zero attached hydrogens (tertiary/aromatic N) is 2. The first kappa shape index (κ1) is 23.3. The predicted octanol–water partition coefficient (Wildman–Crippen LogP) is 6.39. The highest BCUT2D eigenvalue weighted by molar-refractivity contribution is 7.80. The molecule has 0 bridgehead atoms. The van der Waals surface area contributed by atoms with E-state index in [4.69, 9.17) is 21.4 Å². The van der Waals surface area contributed by atoms with Crippen LogP contribution in [-0.2, 0) is 6.54 Å². The Morgan fingerprint density at radius 1 is 1.09 bits per heavy atom. The van der Waals surface area contributed by atoms with Gasteiger partial charge in [-0.15, -0.1) is 0 Å². The van der Waals surface area contributed by atoms with Gasteiger partial charge >= 0.3 is 0 Å². The van der Waals surface area contributed by atoms with Crippen LogP contribution in [0.4, 0.5) is 5.69 Å². The molecule has 1 N–H and O–H groups in total. The molecule has 1 atom stereocenters. The zero-order valence-electron chi connectivity index (χ0n) is 19.3. The van der Waals surface area contributed by atoms with Crippen molar-refractivity contribution in [3.05, 3.63) is 78.8 Å². The molecule has 174 valence electrons. The minimum atomic E-state index is 0.657. The van der Waals surface area contributed by atoms with E-state index in [1.165, 1.54) is 25.9 Å². The lowest BCUT2D eigenvalue weighted by molar-refractivity contribution is 0.177. The molecule has 0 saturated carbocycles. The molecule has 1 aliphatic heterocycles. The number of rotatable bonds is 9. The van der Waals surface area contributed by atoms with Crippen LogP contribution in [0.3, 0.4) is 0 Å². The van der Waals surface area contributed by atoms with Crippen molar-refractivity contribution in [3.63, 3.8) is 0 Å². The van der Waals surface area contributed by atoms with Gasteiger partial charge in [-0.3, -0.25) is 0 Å². The summed E-state index contributed by atoms with van der Waals surface area (Å²) in [5.74, 6) is 3.33. The highest BCUT2D eigenvalue weighted by Gasteiger charge is 2.17. The third kappa shape index (κ3) is 7.34. The van der Waals surface area contributed by atoms with Crippen molar-refractivity contribution in [2.75, 3.05) is 31.5 Å². The number of anilines is 1. The van der Waals surface area contributed by atoms with Gasteiger partial charge < -0.3 is 24.3 Å². The van der Waals surface area contributed by atoms with Gasteiger partial charge in [0.15, 0.2) is 5.11 Å². The molecule has 0 amide bonds. The SMILES string of the molecule is CC1CCCN(CCCN(Cc2ccco2)C(=S)Nc2ccc(Oc3ccccc3)cc2)C1. The third-order valence-corrected chi connectivity index (χ3v) is 6.30. The minimum absolute atomic E-state index is 0.657. The number of nitrogens with one attached hydrogen (secondary N) is 1. The fourth-order valence-electron chi connectivity index (χ4n) is 4.25. The van der Waals surface area contributed by atoms with Crippen LogP contribution >= 0.6 is 12.2 Å². The number of likely N-dealkylation sites (tertiary alicyclic amines) is 1. The molecule has 1 fully saturated rings. The molecule has 6 heteroatoms.